The summed E-state index contributed by atoms with van der Waals surface area (Å²) >= 11 is 1.75. The van der Waals surface area contributed by atoms with Crippen LogP contribution >= 0.6 is 12.4 Å². The summed E-state index contributed by atoms with van der Waals surface area (Å²) in [4.78, 5) is 0. The minimum absolute atomic E-state index is 0. The number of halogens is 1. The van der Waals surface area contributed by atoms with Crippen LogP contribution in [0.1, 0.15) is 66.2 Å². The molecular weight excluding hydrogens is 367 g/mol. The molecule has 0 N–H and O–H groups in total. The van der Waals surface area contributed by atoms with Crippen LogP contribution in [0.25, 0.3) is 0 Å². The molecule has 0 nitrogen and oxygen atoms in total. The van der Waals surface area contributed by atoms with Crippen molar-refractivity contribution in [3.63, 3.8) is 0 Å². The molecule has 0 radical (unpaired) electrons. The molecule has 3 aliphatic carbocycles. The SMILES string of the molecule is CC1=CCC(C2CCCC[C]2([Zr])C2=C(C)C(C)=CC2)=C1C.Cl. The zero-order chi connectivity index (χ0) is 15.2. The minimum atomic E-state index is 0. The third kappa shape index (κ3) is 2.93. The van der Waals surface area contributed by atoms with Crippen molar-refractivity contribution in [2.45, 2.75) is 69.3 Å². The Balaban J connectivity index is 0.00000176. The first-order chi connectivity index (χ1) is 9.95. The van der Waals surface area contributed by atoms with Gasteiger partial charge >= 0.3 is 146 Å². The average molecular weight is 395 g/mol. The van der Waals surface area contributed by atoms with Gasteiger partial charge in [-0.2, -0.15) is 0 Å². The van der Waals surface area contributed by atoms with Crippen molar-refractivity contribution in [1.82, 2.24) is 0 Å². The van der Waals surface area contributed by atoms with Crippen molar-refractivity contribution in [2.24, 2.45) is 5.92 Å². The van der Waals surface area contributed by atoms with Gasteiger partial charge in [-0.1, -0.05) is 0 Å². The van der Waals surface area contributed by atoms with E-state index in [1.807, 2.05) is 0 Å². The Morgan fingerprint density at radius 3 is 2.14 bits per heavy atom. The fraction of sp³-hybridized carbons (Fsp3) is 0.600. The van der Waals surface area contributed by atoms with Gasteiger partial charge in [-0.25, -0.2) is 0 Å². The van der Waals surface area contributed by atoms with E-state index >= 15 is 0 Å². The van der Waals surface area contributed by atoms with E-state index in [2.05, 4.69) is 39.8 Å². The van der Waals surface area contributed by atoms with Crippen LogP contribution in [-0.4, -0.2) is 0 Å². The predicted molar refractivity (Wildman–Crippen MR) is 94.0 cm³/mol. The van der Waals surface area contributed by atoms with Gasteiger partial charge in [0, 0.05) is 0 Å². The smallest absolute Gasteiger partial charge is 0.147 e. The molecule has 2 heteroatoms. The predicted octanol–water partition coefficient (Wildman–Crippen LogP) is 6.64. The van der Waals surface area contributed by atoms with E-state index < -0.39 is 0 Å². The van der Waals surface area contributed by atoms with Crippen LogP contribution in [0, 0.1) is 5.92 Å². The molecule has 1 saturated carbocycles. The molecule has 0 bridgehead atoms. The van der Waals surface area contributed by atoms with Gasteiger partial charge in [-0.3, -0.25) is 0 Å². The third-order valence-electron chi connectivity index (χ3n) is 6.23. The molecule has 0 aromatic heterocycles. The first-order valence-corrected chi connectivity index (χ1v) is 9.67. The van der Waals surface area contributed by atoms with Crippen LogP contribution in [0.15, 0.2) is 45.6 Å². The van der Waals surface area contributed by atoms with Crippen LogP contribution < -0.4 is 0 Å². The summed E-state index contributed by atoms with van der Waals surface area (Å²) in [5, 5.41) is 0. The Kier molecular flexibility index (Phi) is 5.83. The van der Waals surface area contributed by atoms with Gasteiger partial charge in [0.15, 0.2) is 0 Å². The second-order valence-corrected chi connectivity index (χ2v) is 9.40. The van der Waals surface area contributed by atoms with Gasteiger partial charge in [-0.05, 0) is 0 Å². The molecule has 3 aliphatic rings. The van der Waals surface area contributed by atoms with Crippen molar-refractivity contribution in [3.8, 4) is 0 Å². The van der Waals surface area contributed by atoms with Gasteiger partial charge < -0.3 is 0 Å². The fourth-order valence-corrected chi connectivity index (χ4v) is 6.48. The van der Waals surface area contributed by atoms with E-state index in [0.717, 1.165) is 5.92 Å². The maximum absolute atomic E-state index is 2.46. The standard InChI is InChI=1S/C20H27.ClH.Zr/c1-13-9-11-17(15(13)3)19-7-5-6-8-20(19)18-12-10-14(2)16(18)4;;/h9-10,19H,5-8,11-12H2,1-4H3;1H;. The van der Waals surface area contributed by atoms with E-state index in [1.54, 1.807) is 47.0 Å². The summed E-state index contributed by atoms with van der Waals surface area (Å²) in [6.07, 6.45) is 13.0. The number of hydrogen-bond acceptors (Lipinski definition) is 0. The Morgan fingerprint density at radius 2 is 1.59 bits per heavy atom. The molecule has 2 unspecified atom stereocenters. The Labute approximate surface area is 157 Å². The summed E-state index contributed by atoms with van der Waals surface area (Å²) < 4.78 is 0.484. The Morgan fingerprint density at radius 1 is 0.955 bits per heavy atom. The van der Waals surface area contributed by atoms with Gasteiger partial charge in [-0.15, -0.1) is 12.4 Å². The molecule has 22 heavy (non-hydrogen) atoms. The molecule has 0 amide bonds. The summed E-state index contributed by atoms with van der Waals surface area (Å²) in [5.41, 5.74) is 9.83. The maximum atomic E-state index is 2.46. The monoisotopic (exact) mass is 393 g/mol. The van der Waals surface area contributed by atoms with Crippen molar-refractivity contribution >= 4 is 12.4 Å². The van der Waals surface area contributed by atoms with Crippen LogP contribution in [0.2, 0.25) is 3.12 Å². The van der Waals surface area contributed by atoms with E-state index in [-0.39, 0.29) is 12.4 Å². The summed E-state index contributed by atoms with van der Waals surface area (Å²) in [5.74, 6) is 0.808. The quantitative estimate of drug-likeness (QED) is 0.492. The van der Waals surface area contributed by atoms with Gasteiger partial charge in [0.05, 0.1) is 0 Å². The molecule has 0 aromatic rings. The number of hydrogen-bond donors (Lipinski definition) is 0. The zero-order valence-electron chi connectivity index (χ0n) is 14.4. The van der Waals surface area contributed by atoms with E-state index in [0.29, 0.717) is 3.12 Å². The van der Waals surface area contributed by atoms with Crippen molar-refractivity contribution in [1.29, 1.82) is 0 Å². The molecule has 1 fully saturated rings. The van der Waals surface area contributed by atoms with Crippen LogP contribution in [0.3, 0.4) is 0 Å². The molecule has 2 atom stereocenters. The Hall–Kier alpha value is 0.133. The van der Waals surface area contributed by atoms with Crippen molar-refractivity contribution in [2.75, 3.05) is 0 Å². The molecule has 0 heterocycles. The second-order valence-electron chi connectivity index (χ2n) is 7.21. The summed E-state index contributed by atoms with van der Waals surface area (Å²) in [7, 11) is 0. The fourth-order valence-electron chi connectivity index (χ4n) is 4.55. The molecular formula is C20H28ClZr. The summed E-state index contributed by atoms with van der Waals surface area (Å²) in [6.45, 7) is 9.32. The van der Waals surface area contributed by atoms with Gasteiger partial charge in [0.25, 0.3) is 0 Å². The zero-order valence-corrected chi connectivity index (χ0v) is 17.7. The molecule has 0 aliphatic heterocycles. The molecule has 119 valence electrons. The maximum Gasteiger partial charge on any atom is -0.147 e. The summed E-state index contributed by atoms with van der Waals surface area (Å²) in [6, 6.07) is 0. The Bertz CT molecular complexity index is 591. The van der Waals surface area contributed by atoms with Crippen molar-refractivity contribution < 1.29 is 24.7 Å². The largest absolute Gasteiger partial charge is 0.147 e. The molecule has 0 aromatic carbocycles. The van der Waals surface area contributed by atoms with Gasteiger partial charge in [0.2, 0.25) is 0 Å². The first kappa shape index (κ1) is 18.5. The molecule has 0 saturated heterocycles. The van der Waals surface area contributed by atoms with E-state index in [9.17, 15) is 0 Å². The van der Waals surface area contributed by atoms with Gasteiger partial charge in [0.1, 0.15) is 0 Å². The number of allylic oxidation sites excluding steroid dienone is 8. The average Bonchev–Trinajstić information content (AvgIpc) is 2.96. The van der Waals surface area contributed by atoms with Crippen molar-refractivity contribution in [3.05, 3.63) is 45.6 Å². The molecule has 3 rings (SSSR count). The molecule has 0 spiro atoms. The van der Waals surface area contributed by atoms with Crippen LogP contribution in [-0.2, 0) is 24.7 Å². The third-order valence-corrected chi connectivity index (χ3v) is 8.44. The van der Waals surface area contributed by atoms with Crippen LogP contribution in [0.4, 0.5) is 0 Å². The van der Waals surface area contributed by atoms with E-state index in [1.165, 1.54) is 49.7 Å². The topological polar surface area (TPSA) is 0 Å². The minimum Gasteiger partial charge on any atom is -0.147 e. The first-order valence-electron chi connectivity index (χ1n) is 8.44. The van der Waals surface area contributed by atoms with Crippen LogP contribution in [0.5, 0.6) is 0 Å². The second kappa shape index (κ2) is 6.94. The normalized spacial score (nSPS) is 32.0. The number of rotatable bonds is 2. The van der Waals surface area contributed by atoms with E-state index in [4.69, 9.17) is 0 Å².